The third-order valence-electron chi connectivity index (χ3n) is 5.74. The largest absolute Gasteiger partial charge is 0.354 e. The Labute approximate surface area is 221 Å². The monoisotopic (exact) mass is 526 g/mol. The summed E-state index contributed by atoms with van der Waals surface area (Å²) in [5.41, 5.74) is 3.17. The minimum Gasteiger partial charge on any atom is -0.354 e. The first-order chi connectivity index (χ1) is 17.8. The van der Waals surface area contributed by atoms with Crippen molar-refractivity contribution in [3.63, 3.8) is 0 Å². The maximum absolute atomic E-state index is 14.7. The molecular formula is C27H35FN6O2S. The van der Waals surface area contributed by atoms with Crippen molar-refractivity contribution in [3.8, 4) is 0 Å². The molecule has 1 aromatic heterocycles. The predicted molar refractivity (Wildman–Crippen MR) is 153 cm³/mol. The number of halogens is 1. The number of anilines is 5. The van der Waals surface area contributed by atoms with Gasteiger partial charge in [0.2, 0.25) is 0 Å². The summed E-state index contributed by atoms with van der Waals surface area (Å²) in [4.78, 5) is 26.6. The third kappa shape index (κ3) is 6.84. The number of nitrogens with zero attached hydrogens (tertiary/aromatic N) is 1. The van der Waals surface area contributed by atoms with Crippen LogP contribution in [-0.2, 0) is 7.05 Å². The molecule has 4 rings (SSSR count). The van der Waals surface area contributed by atoms with Crippen molar-refractivity contribution in [2.24, 2.45) is 7.05 Å². The minimum atomic E-state index is -0.470. The molecule has 0 bridgehead atoms. The van der Waals surface area contributed by atoms with Crippen molar-refractivity contribution in [1.29, 1.82) is 0 Å². The number of hydrogen-bond donors (Lipinski definition) is 5. The van der Waals surface area contributed by atoms with Gasteiger partial charge in [0, 0.05) is 42.2 Å². The highest BCUT2D eigenvalue weighted by Crippen LogP contribution is 2.33. The number of amides is 1. The van der Waals surface area contributed by atoms with E-state index in [0.29, 0.717) is 16.9 Å². The van der Waals surface area contributed by atoms with Crippen molar-refractivity contribution >= 4 is 46.6 Å². The number of aromatic nitrogens is 1. The topological polar surface area (TPSA) is 99.2 Å². The van der Waals surface area contributed by atoms with Crippen LogP contribution in [0.2, 0.25) is 0 Å². The minimum absolute atomic E-state index is 0.1000. The molecule has 1 saturated carbocycles. The van der Waals surface area contributed by atoms with Crippen LogP contribution in [0, 0.1) is 19.7 Å². The van der Waals surface area contributed by atoms with Crippen LogP contribution in [0.5, 0.6) is 0 Å². The zero-order chi connectivity index (χ0) is 27.1. The summed E-state index contributed by atoms with van der Waals surface area (Å²) in [5, 5.41) is 9.29. The standard InChI is InChI=1S/C25H29FN6O2S.C2H6/c1-14-8-11-20(19(26)12-14)30-23-21(24(33)29-16-9-10-16)22(15(2)25(34)32(23)4)28-17-6-5-7-18(13-17)31-35-27-3;1-2/h5-8,11-13,16,27-28,30-31H,9-10H2,1-4H3,(H,29,33);1-2H3. The SMILES string of the molecule is CC.CNSNc1cccc(Nc2c(C(=O)NC3CC3)c(Nc3ccc(C)cc3F)n(C)c(=O)c2C)c1. The molecule has 0 spiro atoms. The highest BCUT2D eigenvalue weighted by atomic mass is 32.2. The summed E-state index contributed by atoms with van der Waals surface area (Å²) >= 11 is 1.32. The Kier molecular flexibility index (Phi) is 9.60. The van der Waals surface area contributed by atoms with E-state index < -0.39 is 5.82 Å². The second kappa shape index (κ2) is 12.6. The maximum Gasteiger partial charge on any atom is 0.257 e. The van der Waals surface area contributed by atoms with Gasteiger partial charge in [-0.15, -0.1) is 0 Å². The zero-order valence-corrected chi connectivity index (χ0v) is 22.9. The normalized spacial score (nSPS) is 12.3. The van der Waals surface area contributed by atoms with Crippen molar-refractivity contribution in [2.45, 2.75) is 46.6 Å². The maximum atomic E-state index is 14.7. The lowest BCUT2D eigenvalue weighted by Gasteiger charge is -2.22. The van der Waals surface area contributed by atoms with Gasteiger partial charge in [0.05, 0.1) is 11.4 Å². The van der Waals surface area contributed by atoms with Gasteiger partial charge in [-0.05, 0) is 69.6 Å². The van der Waals surface area contributed by atoms with Crippen LogP contribution in [0.3, 0.4) is 0 Å². The Morgan fingerprint density at radius 2 is 1.76 bits per heavy atom. The highest BCUT2D eigenvalue weighted by molar-refractivity contribution is 7.98. The summed E-state index contributed by atoms with van der Waals surface area (Å²) in [7, 11) is 3.38. The number of hydrogen-bond acceptors (Lipinski definition) is 7. The van der Waals surface area contributed by atoms with Crippen LogP contribution in [0.4, 0.5) is 33.0 Å². The van der Waals surface area contributed by atoms with Gasteiger partial charge in [0.25, 0.3) is 11.5 Å². The number of nitrogens with one attached hydrogen (secondary N) is 5. The van der Waals surface area contributed by atoms with E-state index in [2.05, 4.69) is 25.4 Å². The molecule has 5 N–H and O–H groups in total. The molecule has 2 aromatic carbocycles. The van der Waals surface area contributed by atoms with Crippen molar-refractivity contribution in [1.82, 2.24) is 14.6 Å². The molecule has 1 heterocycles. The van der Waals surface area contributed by atoms with Gasteiger partial charge in [0.15, 0.2) is 0 Å². The van der Waals surface area contributed by atoms with E-state index in [1.165, 1.54) is 22.8 Å². The first-order valence-electron chi connectivity index (χ1n) is 12.3. The molecule has 10 heteroatoms. The van der Waals surface area contributed by atoms with E-state index in [1.807, 2.05) is 38.1 Å². The van der Waals surface area contributed by atoms with Crippen LogP contribution in [0.15, 0.2) is 47.3 Å². The Morgan fingerprint density at radius 3 is 2.41 bits per heavy atom. The Balaban J connectivity index is 0.00000186. The van der Waals surface area contributed by atoms with Crippen LogP contribution >= 0.6 is 12.1 Å². The van der Waals surface area contributed by atoms with E-state index >= 15 is 0 Å². The Morgan fingerprint density at radius 1 is 1.05 bits per heavy atom. The van der Waals surface area contributed by atoms with E-state index in [9.17, 15) is 14.0 Å². The fourth-order valence-electron chi connectivity index (χ4n) is 3.71. The van der Waals surface area contributed by atoms with Gasteiger partial charge >= 0.3 is 0 Å². The van der Waals surface area contributed by atoms with Crippen molar-refractivity contribution in [3.05, 3.63) is 75.3 Å². The number of aryl methyl sites for hydroxylation is 1. The number of carbonyl (C=O) groups is 1. The van der Waals surface area contributed by atoms with Crippen LogP contribution in [-0.4, -0.2) is 23.6 Å². The fraction of sp³-hybridized carbons (Fsp3) is 0.333. The quantitative estimate of drug-likeness (QED) is 0.227. The molecule has 1 amide bonds. The molecule has 37 heavy (non-hydrogen) atoms. The first-order valence-corrected chi connectivity index (χ1v) is 13.1. The van der Waals surface area contributed by atoms with Gasteiger partial charge in [-0.1, -0.05) is 26.0 Å². The average Bonchev–Trinajstić information content (AvgIpc) is 3.71. The zero-order valence-electron chi connectivity index (χ0n) is 22.1. The summed E-state index contributed by atoms with van der Waals surface area (Å²) in [5.74, 6) is -0.588. The lowest BCUT2D eigenvalue weighted by Crippen LogP contribution is -2.32. The molecule has 0 saturated heterocycles. The second-order valence-electron chi connectivity index (χ2n) is 8.56. The molecule has 1 aliphatic rings. The first kappa shape index (κ1) is 28.1. The van der Waals surface area contributed by atoms with E-state index in [1.54, 1.807) is 40.1 Å². The van der Waals surface area contributed by atoms with Gasteiger partial charge in [-0.25, -0.2) is 9.11 Å². The third-order valence-corrected chi connectivity index (χ3v) is 6.28. The molecule has 3 aromatic rings. The summed E-state index contributed by atoms with van der Waals surface area (Å²) in [6, 6.07) is 12.4. The Hall–Kier alpha value is -3.50. The van der Waals surface area contributed by atoms with Gasteiger partial charge in [-0.2, -0.15) is 0 Å². The van der Waals surface area contributed by atoms with Crippen LogP contribution in [0.1, 0.15) is 48.2 Å². The lowest BCUT2D eigenvalue weighted by atomic mass is 10.1. The Bertz CT molecular complexity index is 1320. The van der Waals surface area contributed by atoms with E-state index in [4.69, 9.17) is 0 Å². The molecule has 0 atom stereocenters. The average molecular weight is 527 g/mol. The highest BCUT2D eigenvalue weighted by Gasteiger charge is 2.29. The van der Waals surface area contributed by atoms with Crippen LogP contribution in [0.25, 0.3) is 0 Å². The number of rotatable bonds is 9. The molecule has 0 unspecified atom stereocenters. The van der Waals surface area contributed by atoms with Crippen LogP contribution < -0.4 is 31.0 Å². The number of benzene rings is 2. The molecule has 0 radical (unpaired) electrons. The fourth-order valence-corrected chi connectivity index (χ4v) is 4.05. The molecule has 8 nitrogen and oxygen atoms in total. The number of carbonyl (C=O) groups excluding carboxylic acids is 1. The van der Waals surface area contributed by atoms with Crippen molar-refractivity contribution < 1.29 is 9.18 Å². The predicted octanol–water partition coefficient (Wildman–Crippen LogP) is 5.74. The molecule has 1 aliphatic carbocycles. The van der Waals surface area contributed by atoms with E-state index in [-0.39, 0.29) is 34.6 Å². The van der Waals surface area contributed by atoms with Gasteiger partial charge in [-0.3, -0.25) is 14.2 Å². The molecular weight excluding hydrogens is 491 g/mol. The molecule has 1 fully saturated rings. The smallest absolute Gasteiger partial charge is 0.257 e. The lowest BCUT2D eigenvalue weighted by molar-refractivity contribution is 0.0952. The van der Waals surface area contributed by atoms with Crippen molar-refractivity contribution in [2.75, 3.05) is 22.4 Å². The van der Waals surface area contributed by atoms with E-state index in [0.717, 1.165) is 24.1 Å². The summed E-state index contributed by atoms with van der Waals surface area (Å²) in [6.45, 7) is 7.47. The summed E-state index contributed by atoms with van der Waals surface area (Å²) < 4.78 is 22.2. The van der Waals surface area contributed by atoms with Gasteiger partial charge in [0.1, 0.15) is 17.2 Å². The molecule has 198 valence electrons. The number of pyridine rings is 1. The summed E-state index contributed by atoms with van der Waals surface area (Å²) in [6.07, 6.45) is 1.82. The second-order valence-corrected chi connectivity index (χ2v) is 9.37. The molecule has 0 aliphatic heterocycles. The van der Waals surface area contributed by atoms with Gasteiger partial charge < -0.3 is 20.7 Å².